The van der Waals surface area contributed by atoms with E-state index in [9.17, 15) is 22.0 Å². The number of sulfonamides is 1. The van der Waals surface area contributed by atoms with Crippen LogP contribution >= 0.6 is 0 Å². The number of morpholine rings is 2. The second-order valence-electron chi connectivity index (χ2n) is 8.09. The maximum Gasteiger partial charge on any atom is 0.251 e. The predicted octanol–water partition coefficient (Wildman–Crippen LogP) is 1.79. The zero-order valence-electron chi connectivity index (χ0n) is 18.6. The first kappa shape index (κ1) is 24.7. The molecule has 2 saturated heterocycles. The lowest BCUT2D eigenvalue weighted by Crippen LogP contribution is -2.44. The molecule has 0 bridgehead atoms. The van der Waals surface area contributed by atoms with Crippen LogP contribution in [-0.4, -0.2) is 82.7 Å². The minimum Gasteiger partial charge on any atom is -0.379 e. The van der Waals surface area contributed by atoms with Crippen molar-refractivity contribution < 1.29 is 31.5 Å². The van der Waals surface area contributed by atoms with E-state index in [1.807, 2.05) is 0 Å². The van der Waals surface area contributed by atoms with Gasteiger partial charge in [-0.25, -0.2) is 17.2 Å². The molecule has 11 heteroatoms. The fraction of sp³-hybridized carbons (Fsp3) is 0.435. The van der Waals surface area contributed by atoms with Crippen molar-refractivity contribution in [3.05, 3.63) is 65.2 Å². The van der Waals surface area contributed by atoms with E-state index < -0.39 is 26.6 Å². The molecule has 2 fully saturated rings. The van der Waals surface area contributed by atoms with Gasteiger partial charge < -0.3 is 14.8 Å². The standard InChI is InChI=1S/C23H27F2N3O5S/c24-19-4-1-17(2-5-19)21(27-7-11-32-12-8-27)16-26-23(29)18-3-6-20(25)22(15-18)34(30,31)28-9-13-33-14-10-28/h1-6,15,21H,7-14,16H2,(H,26,29)/t21-/m0/s1. The zero-order chi connectivity index (χ0) is 24.1. The third-order valence-corrected chi connectivity index (χ3v) is 7.89. The van der Waals surface area contributed by atoms with Crippen LogP contribution in [0, 0.1) is 11.6 Å². The first-order valence-corrected chi connectivity index (χ1v) is 12.5. The molecule has 2 aromatic rings. The van der Waals surface area contributed by atoms with Crippen molar-refractivity contribution >= 4 is 15.9 Å². The van der Waals surface area contributed by atoms with Crippen LogP contribution in [0.15, 0.2) is 47.4 Å². The van der Waals surface area contributed by atoms with Crippen molar-refractivity contribution in [1.29, 1.82) is 0 Å². The van der Waals surface area contributed by atoms with E-state index >= 15 is 0 Å². The van der Waals surface area contributed by atoms with Gasteiger partial charge in [-0.05, 0) is 35.9 Å². The summed E-state index contributed by atoms with van der Waals surface area (Å²) in [6.07, 6.45) is 0. The SMILES string of the molecule is O=C(NC[C@@H](c1ccc(F)cc1)N1CCOCC1)c1ccc(F)c(S(=O)(=O)N2CCOCC2)c1. The number of benzene rings is 2. The van der Waals surface area contributed by atoms with Crippen LogP contribution < -0.4 is 5.32 Å². The summed E-state index contributed by atoms with van der Waals surface area (Å²) in [4.78, 5) is 14.5. The summed E-state index contributed by atoms with van der Waals surface area (Å²) in [5.74, 6) is -1.80. The molecule has 1 amide bonds. The molecule has 4 rings (SSSR count). The number of halogens is 2. The van der Waals surface area contributed by atoms with Crippen molar-refractivity contribution in [1.82, 2.24) is 14.5 Å². The van der Waals surface area contributed by atoms with Gasteiger partial charge in [0.1, 0.15) is 16.5 Å². The summed E-state index contributed by atoms with van der Waals surface area (Å²) in [6, 6.07) is 9.16. The molecule has 2 heterocycles. The third-order valence-electron chi connectivity index (χ3n) is 5.98. The summed E-state index contributed by atoms with van der Waals surface area (Å²) in [5.41, 5.74) is 0.867. The molecule has 0 spiro atoms. The number of carbonyl (C=O) groups is 1. The summed E-state index contributed by atoms with van der Waals surface area (Å²) in [7, 11) is -4.10. The Morgan fingerprint density at radius 2 is 1.56 bits per heavy atom. The quantitative estimate of drug-likeness (QED) is 0.630. The fourth-order valence-corrected chi connectivity index (χ4v) is 5.59. The highest BCUT2D eigenvalue weighted by molar-refractivity contribution is 7.89. The second-order valence-corrected chi connectivity index (χ2v) is 9.99. The highest BCUT2D eigenvalue weighted by atomic mass is 32.2. The lowest BCUT2D eigenvalue weighted by Gasteiger charge is -2.35. The van der Waals surface area contributed by atoms with Gasteiger partial charge in [0.05, 0.1) is 32.5 Å². The number of nitrogens with one attached hydrogen (secondary N) is 1. The molecule has 34 heavy (non-hydrogen) atoms. The van der Waals surface area contributed by atoms with Crippen molar-refractivity contribution in [2.75, 3.05) is 59.2 Å². The Bertz CT molecular complexity index is 1100. The van der Waals surface area contributed by atoms with Gasteiger partial charge in [0.2, 0.25) is 10.0 Å². The smallest absolute Gasteiger partial charge is 0.251 e. The van der Waals surface area contributed by atoms with Crippen molar-refractivity contribution in [2.24, 2.45) is 0 Å². The first-order valence-electron chi connectivity index (χ1n) is 11.1. The van der Waals surface area contributed by atoms with Crippen LogP contribution in [-0.2, 0) is 19.5 Å². The number of carbonyl (C=O) groups excluding carboxylic acids is 1. The van der Waals surface area contributed by atoms with Crippen LogP contribution in [0.1, 0.15) is 22.0 Å². The van der Waals surface area contributed by atoms with E-state index in [-0.39, 0.29) is 50.3 Å². The Kier molecular flexibility index (Phi) is 7.89. The zero-order valence-corrected chi connectivity index (χ0v) is 19.4. The molecule has 0 radical (unpaired) electrons. The van der Waals surface area contributed by atoms with Crippen LogP contribution in [0.4, 0.5) is 8.78 Å². The van der Waals surface area contributed by atoms with Crippen LogP contribution in [0.5, 0.6) is 0 Å². The molecule has 1 N–H and O–H groups in total. The highest BCUT2D eigenvalue weighted by Gasteiger charge is 2.30. The van der Waals surface area contributed by atoms with Gasteiger partial charge in [-0.15, -0.1) is 0 Å². The summed E-state index contributed by atoms with van der Waals surface area (Å²) >= 11 is 0. The number of ether oxygens (including phenoxy) is 2. The van der Waals surface area contributed by atoms with Gasteiger partial charge in [0.25, 0.3) is 5.91 Å². The molecule has 0 unspecified atom stereocenters. The first-order chi connectivity index (χ1) is 16.4. The van der Waals surface area contributed by atoms with Gasteiger partial charge in [-0.3, -0.25) is 9.69 Å². The highest BCUT2D eigenvalue weighted by Crippen LogP contribution is 2.24. The predicted molar refractivity (Wildman–Crippen MR) is 120 cm³/mol. The average Bonchev–Trinajstić information content (AvgIpc) is 2.86. The molecular formula is C23H27F2N3O5S. The van der Waals surface area contributed by atoms with E-state index in [0.717, 1.165) is 22.0 Å². The normalized spacial score (nSPS) is 19.0. The van der Waals surface area contributed by atoms with Crippen LogP contribution in [0.2, 0.25) is 0 Å². The second kappa shape index (κ2) is 10.9. The van der Waals surface area contributed by atoms with Crippen molar-refractivity contribution in [3.63, 3.8) is 0 Å². The topological polar surface area (TPSA) is 88.2 Å². The number of amides is 1. The third kappa shape index (κ3) is 5.61. The Hall–Kier alpha value is -2.44. The Balaban J connectivity index is 1.51. The minimum absolute atomic E-state index is 0.0352. The van der Waals surface area contributed by atoms with E-state index in [0.29, 0.717) is 26.3 Å². The molecule has 0 aromatic heterocycles. The van der Waals surface area contributed by atoms with E-state index in [1.54, 1.807) is 12.1 Å². The molecule has 2 aromatic carbocycles. The monoisotopic (exact) mass is 495 g/mol. The summed E-state index contributed by atoms with van der Waals surface area (Å²) in [6.45, 7) is 3.30. The minimum atomic E-state index is -4.10. The molecule has 0 saturated carbocycles. The van der Waals surface area contributed by atoms with E-state index in [4.69, 9.17) is 9.47 Å². The number of hydrogen-bond donors (Lipinski definition) is 1. The van der Waals surface area contributed by atoms with Crippen LogP contribution in [0.25, 0.3) is 0 Å². The molecule has 0 aliphatic carbocycles. The lowest BCUT2D eigenvalue weighted by molar-refractivity contribution is 0.0162. The van der Waals surface area contributed by atoms with Crippen molar-refractivity contribution in [3.8, 4) is 0 Å². The molecule has 184 valence electrons. The molecule has 2 aliphatic rings. The van der Waals surface area contributed by atoms with Gasteiger partial charge in [0, 0.05) is 38.3 Å². The Morgan fingerprint density at radius 1 is 0.941 bits per heavy atom. The lowest BCUT2D eigenvalue weighted by atomic mass is 10.0. The maximum atomic E-state index is 14.5. The molecule has 2 aliphatic heterocycles. The summed E-state index contributed by atoms with van der Waals surface area (Å²) < 4.78 is 65.5. The Morgan fingerprint density at radius 3 is 2.21 bits per heavy atom. The number of hydrogen-bond acceptors (Lipinski definition) is 6. The average molecular weight is 496 g/mol. The van der Waals surface area contributed by atoms with E-state index in [1.165, 1.54) is 18.2 Å². The largest absolute Gasteiger partial charge is 0.379 e. The molecule has 8 nitrogen and oxygen atoms in total. The molecular weight excluding hydrogens is 468 g/mol. The Labute approximate surface area is 197 Å². The van der Waals surface area contributed by atoms with Gasteiger partial charge in [-0.2, -0.15) is 4.31 Å². The summed E-state index contributed by atoms with van der Waals surface area (Å²) in [5, 5.41) is 2.82. The van der Waals surface area contributed by atoms with Gasteiger partial charge in [-0.1, -0.05) is 12.1 Å². The van der Waals surface area contributed by atoms with Gasteiger partial charge >= 0.3 is 0 Å². The van der Waals surface area contributed by atoms with Gasteiger partial charge in [0.15, 0.2) is 0 Å². The number of nitrogens with zero attached hydrogens (tertiary/aromatic N) is 2. The fourth-order valence-electron chi connectivity index (χ4n) is 4.09. The van der Waals surface area contributed by atoms with E-state index in [2.05, 4.69) is 10.2 Å². The van der Waals surface area contributed by atoms with Crippen molar-refractivity contribution in [2.45, 2.75) is 10.9 Å². The van der Waals surface area contributed by atoms with Crippen LogP contribution in [0.3, 0.4) is 0 Å². The molecule has 1 atom stereocenters. The number of rotatable bonds is 7. The maximum absolute atomic E-state index is 14.5.